The van der Waals surface area contributed by atoms with Gasteiger partial charge in [0.1, 0.15) is 11.8 Å². The Kier molecular flexibility index (Phi) is 11.4. The molecule has 2 aliphatic rings. The molecule has 1 unspecified atom stereocenters. The van der Waals surface area contributed by atoms with Crippen LogP contribution in [-0.4, -0.2) is 96.4 Å². The van der Waals surface area contributed by atoms with Crippen LogP contribution in [0.15, 0.2) is 37.1 Å². The van der Waals surface area contributed by atoms with Gasteiger partial charge < -0.3 is 30.3 Å². The number of nitrogens with one attached hydrogen (secondary N) is 2. The number of alkyl halides is 6. The van der Waals surface area contributed by atoms with E-state index in [4.69, 9.17) is 36.4 Å². The summed E-state index contributed by atoms with van der Waals surface area (Å²) in [4.78, 5) is 55.7. The normalized spacial score (nSPS) is 15.8. The van der Waals surface area contributed by atoms with Gasteiger partial charge in [-0.1, -0.05) is 18.0 Å². The average molecular weight is 719 g/mol. The number of imidazole rings is 1. The summed E-state index contributed by atoms with van der Waals surface area (Å²) < 4.78 is 63.5. The standard InChI is InChI=1S/C25H27ClN8O.2C2HF3O2/c1-15(32-24-21-23(29-13-28-21)30-14-31-24)18-12-19(26)17-6-3-7-27-20(17)22(18)33-8-10-34(11-9-33)25(35)16-4-2-5-16;2*3-2(4,5)1(6)7/h3,6-7,12-16H,2,4-5,8-11H2,1H3,(H2,28,29,30,31,32);2*(H,6,7). The number of carbonyl (C=O) groups is 3. The van der Waals surface area contributed by atoms with E-state index in [1.165, 1.54) is 12.7 Å². The van der Waals surface area contributed by atoms with Crippen LogP contribution in [0.2, 0.25) is 5.02 Å². The van der Waals surface area contributed by atoms with Crippen LogP contribution >= 0.6 is 11.6 Å². The number of carboxylic acids is 2. The second-order valence-corrected chi connectivity index (χ2v) is 11.3. The van der Waals surface area contributed by atoms with Crippen LogP contribution in [-0.2, 0) is 14.4 Å². The molecule has 49 heavy (non-hydrogen) atoms. The number of hydrogen-bond donors (Lipinski definition) is 4. The molecule has 4 heterocycles. The molecule has 3 aromatic heterocycles. The molecule has 13 nitrogen and oxygen atoms in total. The fourth-order valence-electron chi connectivity index (χ4n) is 5.09. The Balaban J connectivity index is 0.000000327. The van der Waals surface area contributed by atoms with Crippen LogP contribution in [0, 0.1) is 5.92 Å². The maximum absolute atomic E-state index is 12.8. The Morgan fingerprint density at radius 2 is 1.59 bits per heavy atom. The van der Waals surface area contributed by atoms with Crippen molar-refractivity contribution in [1.82, 2.24) is 29.8 Å². The number of carboxylic acid groups (broad SMARTS) is 2. The first-order valence-electron chi connectivity index (χ1n) is 14.6. The predicted molar refractivity (Wildman–Crippen MR) is 164 cm³/mol. The summed E-state index contributed by atoms with van der Waals surface area (Å²) in [5.41, 5.74) is 4.33. The monoisotopic (exact) mass is 718 g/mol. The minimum absolute atomic E-state index is 0.120. The third-order valence-electron chi connectivity index (χ3n) is 7.73. The lowest BCUT2D eigenvalue weighted by atomic mass is 9.84. The Labute approximate surface area is 278 Å². The van der Waals surface area contributed by atoms with Gasteiger partial charge in [0.2, 0.25) is 5.91 Å². The number of benzene rings is 1. The minimum atomic E-state index is -5.08. The number of rotatable bonds is 5. The zero-order valence-electron chi connectivity index (χ0n) is 25.5. The van der Waals surface area contributed by atoms with Crippen molar-refractivity contribution in [2.24, 2.45) is 5.92 Å². The molecule has 1 aromatic carbocycles. The largest absolute Gasteiger partial charge is 0.490 e. The number of hydrogen-bond acceptors (Lipinski definition) is 9. The number of aliphatic carboxylic acids is 2. The number of pyridine rings is 1. The van der Waals surface area contributed by atoms with Crippen LogP contribution in [0.5, 0.6) is 0 Å². The average Bonchev–Trinajstić information content (AvgIpc) is 3.50. The van der Waals surface area contributed by atoms with E-state index in [1.54, 1.807) is 12.5 Å². The van der Waals surface area contributed by atoms with Gasteiger partial charge in [0.25, 0.3) is 0 Å². The number of fused-ring (bicyclic) bond motifs is 2. The molecule has 4 aromatic rings. The quantitative estimate of drug-likeness (QED) is 0.193. The number of nitrogens with zero attached hydrogens (tertiary/aromatic N) is 6. The lowest BCUT2D eigenvalue weighted by Gasteiger charge is -2.40. The van der Waals surface area contributed by atoms with Crippen molar-refractivity contribution in [2.75, 3.05) is 36.4 Å². The number of halogens is 7. The number of amides is 1. The summed E-state index contributed by atoms with van der Waals surface area (Å²) in [5, 5.41) is 19.3. The van der Waals surface area contributed by atoms with Gasteiger partial charge in [-0.2, -0.15) is 26.3 Å². The topological polar surface area (TPSA) is 178 Å². The van der Waals surface area contributed by atoms with Crippen molar-refractivity contribution in [2.45, 2.75) is 44.6 Å². The zero-order chi connectivity index (χ0) is 36.1. The molecule has 0 bridgehead atoms. The number of H-pyrrole nitrogens is 1. The lowest BCUT2D eigenvalue weighted by molar-refractivity contribution is -0.193. The fraction of sp³-hybridized carbons (Fsp3) is 0.414. The first-order valence-corrected chi connectivity index (χ1v) is 15.0. The highest BCUT2D eigenvalue weighted by atomic mass is 35.5. The summed E-state index contributed by atoms with van der Waals surface area (Å²) >= 11 is 6.74. The van der Waals surface area contributed by atoms with Crippen molar-refractivity contribution >= 4 is 63.0 Å². The van der Waals surface area contributed by atoms with E-state index in [-0.39, 0.29) is 12.0 Å². The Bertz CT molecular complexity index is 1790. The van der Waals surface area contributed by atoms with Crippen molar-refractivity contribution in [3.05, 3.63) is 47.6 Å². The van der Waals surface area contributed by atoms with Gasteiger partial charge in [0.05, 0.1) is 28.6 Å². The molecule has 4 N–H and O–H groups in total. The van der Waals surface area contributed by atoms with E-state index >= 15 is 0 Å². The van der Waals surface area contributed by atoms with Crippen molar-refractivity contribution in [1.29, 1.82) is 0 Å². The van der Waals surface area contributed by atoms with Crippen molar-refractivity contribution < 1.29 is 50.9 Å². The second kappa shape index (κ2) is 15.1. The van der Waals surface area contributed by atoms with Gasteiger partial charge in [-0.3, -0.25) is 9.78 Å². The molecular formula is C29H29ClF6N8O5. The number of carbonyl (C=O) groups excluding carboxylic acids is 1. The van der Waals surface area contributed by atoms with Crippen LogP contribution in [0.3, 0.4) is 0 Å². The molecule has 6 rings (SSSR count). The highest BCUT2D eigenvalue weighted by Crippen LogP contribution is 2.39. The first-order chi connectivity index (χ1) is 23.0. The number of anilines is 2. The molecule has 1 saturated carbocycles. The fourth-order valence-corrected chi connectivity index (χ4v) is 5.36. The smallest absolute Gasteiger partial charge is 0.475 e. The Morgan fingerprint density at radius 3 is 2.14 bits per heavy atom. The van der Waals surface area contributed by atoms with E-state index in [1.807, 2.05) is 23.1 Å². The van der Waals surface area contributed by atoms with E-state index in [2.05, 4.69) is 37.1 Å². The highest BCUT2D eigenvalue weighted by molar-refractivity contribution is 6.36. The van der Waals surface area contributed by atoms with Crippen LogP contribution in [0.25, 0.3) is 22.1 Å². The summed E-state index contributed by atoms with van der Waals surface area (Å²) in [6.07, 6.45) is -2.01. The summed E-state index contributed by atoms with van der Waals surface area (Å²) in [5.74, 6) is -4.29. The molecule has 20 heteroatoms. The van der Waals surface area contributed by atoms with Crippen molar-refractivity contribution in [3.8, 4) is 0 Å². The molecular weight excluding hydrogens is 690 g/mol. The molecule has 2 fully saturated rings. The van der Waals surface area contributed by atoms with E-state index in [0.717, 1.165) is 53.6 Å². The van der Waals surface area contributed by atoms with Crippen LogP contribution in [0.1, 0.15) is 37.8 Å². The highest BCUT2D eigenvalue weighted by Gasteiger charge is 2.39. The zero-order valence-corrected chi connectivity index (χ0v) is 26.3. The SMILES string of the molecule is CC(Nc1ncnc2nc[nH]c12)c1cc(Cl)c2cccnc2c1N1CCN(C(=O)C2CCC2)CC1.O=C(O)C(F)(F)F.O=C(O)C(F)(F)F. The Morgan fingerprint density at radius 1 is 0.980 bits per heavy atom. The first kappa shape index (κ1) is 36.9. The van der Waals surface area contributed by atoms with E-state index < -0.39 is 24.3 Å². The number of aromatic nitrogens is 5. The molecule has 1 saturated heterocycles. The van der Waals surface area contributed by atoms with Gasteiger partial charge >= 0.3 is 24.3 Å². The van der Waals surface area contributed by atoms with Gasteiger partial charge in [-0.25, -0.2) is 24.5 Å². The van der Waals surface area contributed by atoms with Gasteiger partial charge in [-0.15, -0.1) is 0 Å². The molecule has 264 valence electrons. The molecule has 0 spiro atoms. The summed E-state index contributed by atoms with van der Waals surface area (Å²) in [6.45, 7) is 5.03. The Hall–Kier alpha value is -4.94. The molecule has 0 radical (unpaired) electrons. The van der Waals surface area contributed by atoms with Gasteiger partial charge in [0, 0.05) is 49.2 Å². The van der Waals surface area contributed by atoms with Crippen LogP contribution < -0.4 is 10.2 Å². The number of piperazine rings is 1. The molecule has 1 amide bonds. The predicted octanol–water partition coefficient (Wildman–Crippen LogP) is 5.44. The minimum Gasteiger partial charge on any atom is -0.475 e. The second-order valence-electron chi connectivity index (χ2n) is 10.9. The third-order valence-corrected chi connectivity index (χ3v) is 8.05. The third kappa shape index (κ3) is 8.95. The maximum Gasteiger partial charge on any atom is 0.490 e. The molecule has 1 atom stereocenters. The van der Waals surface area contributed by atoms with E-state index in [0.29, 0.717) is 35.5 Å². The molecule has 1 aliphatic heterocycles. The summed E-state index contributed by atoms with van der Waals surface area (Å²) in [7, 11) is 0. The summed E-state index contributed by atoms with van der Waals surface area (Å²) in [6, 6.07) is 5.82. The number of aromatic amines is 1. The molecule has 1 aliphatic carbocycles. The van der Waals surface area contributed by atoms with Crippen molar-refractivity contribution in [3.63, 3.8) is 0 Å². The maximum atomic E-state index is 12.8. The van der Waals surface area contributed by atoms with Crippen LogP contribution in [0.4, 0.5) is 37.8 Å². The van der Waals surface area contributed by atoms with Gasteiger partial charge in [0.15, 0.2) is 11.5 Å². The van der Waals surface area contributed by atoms with E-state index in [9.17, 15) is 31.1 Å². The lowest BCUT2D eigenvalue weighted by Crippen LogP contribution is -2.51. The van der Waals surface area contributed by atoms with Gasteiger partial charge in [-0.05, 0) is 38.0 Å².